The molecular weight excluding hydrogens is 488 g/mol. The number of nitrogens with zero attached hydrogens (tertiary/aromatic N) is 3. The van der Waals surface area contributed by atoms with Crippen molar-refractivity contribution in [1.82, 2.24) is 5.43 Å². The van der Waals surface area contributed by atoms with Gasteiger partial charge in [0, 0.05) is 18.2 Å². The normalized spacial score (nSPS) is 11.5. The molecule has 0 bridgehead atoms. The lowest BCUT2D eigenvalue weighted by Crippen LogP contribution is -2.39. The van der Waals surface area contributed by atoms with E-state index < -0.39 is 27.4 Å². The number of benzene rings is 3. The third kappa shape index (κ3) is 5.96. The fourth-order valence-corrected chi connectivity index (χ4v) is 4.65. The predicted octanol–water partition coefficient (Wildman–Crippen LogP) is 3.35. The quantitative estimate of drug-likeness (QED) is 0.249. The average molecular weight is 513 g/mol. The van der Waals surface area contributed by atoms with Gasteiger partial charge in [-0.25, -0.2) is 13.8 Å². The second-order valence-corrected chi connectivity index (χ2v) is 9.26. The smallest absolute Gasteiger partial charge is 0.269 e. The van der Waals surface area contributed by atoms with Gasteiger partial charge in [-0.3, -0.25) is 19.2 Å². The van der Waals surface area contributed by atoms with Gasteiger partial charge >= 0.3 is 0 Å². The molecule has 0 unspecified atom stereocenters. The van der Waals surface area contributed by atoms with Crippen molar-refractivity contribution in [2.75, 3.05) is 25.1 Å². The Balaban J connectivity index is 1.89. The predicted molar refractivity (Wildman–Crippen MR) is 134 cm³/mol. The summed E-state index contributed by atoms with van der Waals surface area (Å²) in [5, 5.41) is 14.8. The summed E-state index contributed by atoms with van der Waals surface area (Å²) in [7, 11) is -1.26. The van der Waals surface area contributed by atoms with E-state index in [1.54, 1.807) is 25.1 Å². The largest absolute Gasteiger partial charge is 0.493 e. The van der Waals surface area contributed by atoms with Crippen LogP contribution in [0.5, 0.6) is 11.5 Å². The molecule has 0 fully saturated rings. The summed E-state index contributed by atoms with van der Waals surface area (Å²) in [6.07, 6.45) is 0. The highest BCUT2D eigenvalue weighted by Crippen LogP contribution is 2.33. The first-order chi connectivity index (χ1) is 17.2. The molecule has 0 saturated heterocycles. The van der Waals surface area contributed by atoms with Crippen LogP contribution in [0, 0.1) is 10.1 Å². The number of rotatable bonds is 10. The standard InChI is InChI=1S/C24H24N4O7S/c1-17(18-9-11-19(12-10-18)28(30)31)25-26-24(29)16-27(36(32,33)21-7-5-4-6-8-21)20-13-14-22(34-2)23(15-20)35-3/h4-15H,16H2,1-3H3,(H,26,29)/b25-17-. The Bertz CT molecular complexity index is 1380. The van der Waals surface area contributed by atoms with Gasteiger partial charge in [0.1, 0.15) is 6.54 Å². The fourth-order valence-electron chi connectivity index (χ4n) is 3.22. The Kier molecular flexibility index (Phi) is 8.22. The van der Waals surface area contributed by atoms with Crippen molar-refractivity contribution in [2.45, 2.75) is 11.8 Å². The van der Waals surface area contributed by atoms with Crippen LogP contribution in [0.1, 0.15) is 12.5 Å². The van der Waals surface area contributed by atoms with E-state index in [0.29, 0.717) is 17.0 Å². The lowest BCUT2D eigenvalue weighted by Gasteiger charge is -2.24. The first-order valence-electron chi connectivity index (χ1n) is 10.5. The molecule has 0 spiro atoms. The molecular formula is C24H24N4O7S. The molecule has 0 atom stereocenters. The Morgan fingerprint density at radius 3 is 2.22 bits per heavy atom. The van der Waals surface area contributed by atoms with Crippen LogP contribution in [-0.4, -0.2) is 45.7 Å². The highest BCUT2D eigenvalue weighted by Gasteiger charge is 2.28. The Labute approximate surface area is 208 Å². The summed E-state index contributed by atoms with van der Waals surface area (Å²) in [6, 6.07) is 17.8. The number of ether oxygens (including phenoxy) is 2. The summed E-state index contributed by atoms with van der Waals surface area (Å²) in [5.41, 5.74) is 3.38. The van der Waals surface area contributed by atoms with Gasteiger partial charge in [0.2, 0.25) is 0 Å². The number of nitrogens with one attached hydrogen (secondary N) is 1. The lowest BCUT2D eigenvalue weighted by atomic mass is 10.1. The van der Waals surface area contributed by atoms with Crippen molar-refractivity contribution in [1.29, 1.82) is 0 Å². The Morgan fingerprint density at radius 2 is 1.64 bits per heavy atom. The van der Waals surface area contributed by atoms with E-state index in [2.05, 4.69) is 10.5 Å². The van der Waals surface area contributed by atoms with E-state index in [1.807, 2.05) is 0 Å². The van der Waals surface area contributed by atoms with Crippen LogP contribution in [0.2, 0.25) is 0 Å². The maximum Gasteiger partial charge on any atom is 0.269 e. The summed E-state index contributed by atoms with van der Waals surface area (Å²) in [5.74, 6) is -0.0210. The molecule has 1 amide bonds. The number of amides is 1. The summed E-state index contributed by atoms with van der Waals surface area (Å²) < 4.78 is 38.4. The van der Waals surface area contributed by atoms with Crippen LogP contribution in [0.15, 0.2) is 82.8 Å². The second-order valence-electron chi connectivity index (χ2n) is 7.40. The zero-order chi connectivity index (χ0) is 26.3. The minimum atomic E-state index is -4.13. The molecule has 3 aromatic rings. The summed E-state index contributed by atoms with van der Waals surface area (Å²) in [6.45, 7) is 1.03. The molecule has 36 heavy (non-hydrogen) atoms. The Morgan fingerprint density at radius 1 is 1.00 bits per heavy atom. The van der Waals surface area contributed by atoms with Crippen molar-refractivity contribution in [3.8, 4) is 11.5 Å². The molecule has 0 aromatic heterocycles. The SMILES string of the molecule is COc1ccc(N(CC(=O)N/N=C(/C)c2ccc([N+](=O)[O-])cc2)S(=O)(=O)c2ccccc2)cc1OC. The number of methoxy groups -OCH3 is 2. The summed E-state index contributed by atoms with van der Waals surface area (Å²) in [4.78, 5) is 23.1. The number of hydrogen-bond donors (Lipinski definition) is 1. The van der Waals surface area contributed by atoms with Crippen LogP contribution in [0.4, 0.5) is 11.4 Å². The number of hydrazone groups is 1. The van der Waals surface area contributed by atoms with Crippen molar-refractivity contribution in [3.63, 3.8) is 0 Å². The van der Waals surface area contributed by atoms with Crippen LogP contribution in [-0.2, 0) is 14.8 Å². The van der Waals surface area contributed by atoms with Crippen molar-refractivity contribution in [2.24, 2.45) is 5.10 Å². The number of anilines is 1. The van der Waals surface area contributed by atoms with Gasteiger partial charge in [0.15, 0.2) is 11.5 Å². The first-order valence-corrected chi connectivity index (χ1v) is 12.0. The van der Waals surface area contributed by atoms with E-state index in [-0.39, 0.29) is 22.0 Å². The van der Waals surface area contributed by atoms with E-state index in [4.69, 9.17) is 9.47 Å². The van der Waals surface area contributed by atoms with Gasteiger partial charge in [-0.15, -0.1) is 0 Å². The van der Waals surface area contributed by atoms with E-state index in [0.717, 1.165) is 4.31 Å². The van der Waals surface area contributed by atoms with Crippen LogP contribution in [0.25, 0.3) is 0 Å². The van der Waals surface area contributed by atoms with Gasteiger partial charge in [-0.2, -0.15) is 5.10 Å². The molecule has 188 valence electrons. The lowest BCUT2D eigenvalue weighted by molar-refractivity contribution is -0.384. The molecule has 12 heteroatoms. The van der Waals surface area contributed by atoms with Gasteiger partial charge in [0.25, 0.3) is 21.6 Å². The number of nitro groups is 1. The van der Waals surface area contributed by atoms with Crippen molar-refractivity contribution in [3.05, 3.63) is 88.5 Å². The molecule has 0 aliphatic rings. The minimum Gasteiger partial charge on any atom is -0.493 e. The first kappa shape index (κ1) is 26.2. The van der Waals surface area contributed by atoms with Gasteiger partial charge < -0.3 is 9.47 Å². The molecule has 3 rings (SSSR count). The van der Waals surface area contributed by atoms with Crippen LogP contribution in [0.3, 0.4) is 0 Å². The molecule has 1 N–H and O–H groups in total. The van der Waals surface area contributed by atoms with Gasteiger partial charge in [0.05, 0.1) is 35.4 Å². The fraction of sp³-hybridized carbons (Fsp3) is 0.167. The highest BCUT2D eigenvalue weighted by molar-refractivity contribution is 7.92. The number of hydrogen-bond acceptors (Lipinski definition) is 8. The molecule has 0 aliphatic carbocycles. The molecule has 3 aromatic carbocycles. The molecule has 0 heterocycles. The van der Waals surface area contributed by atoms with Crippen LogP contribution >= 0.6 is 0 Å². The van der Waals surface area contributed by atoms with Crippen molar-refractivity contribution >= 4 is 33.0 Å². The van der Waals surface area contributed by atoms with E-state index in [9.17, 15) is 23.3 Å². The molecule has 0 radical (unpaired) electrons. The molecule has 11 nitrogen and oxygen atoms in total. The topological polar surface area (TPSA) is 140 Å². The molecule has 0 saturated carbocycles. The van der Waals surface area contributed by atoms with E-state index >= 15 is 0 Å². The number of non-ortho nitro benzene ring substituents is 1. The third-order valence-electron chi connectivity index (χ3n) is 5.12. The maximum atomic E-state index is 13.5. The second kappa shape index (κ2) is 11.3. The van der Waals surface area contributed by atoms with Crippen LogP contribution < -0.4 is 19.2 Å². The number of carbonyl (C=O) groups excluding carboxylic acids is 1. The third-order valence-corrected chi connectivity index (χ3v) is 6.91. The maximum absolute atomic E-state index is 13.5. The molecule has 0 aliphatic heterocycles. The summed E-state index contributed by atoms with van der Waals surface area (Å²) >= 11 is 0. The van der Waals surface area contributed by atoms with E-state index in [1.165, 1.54) is 68.8 Å². The zero-order valence-corrected chi connectivity index (χ0v) is 20.6. The monoisotopic (exact) mass is 512 g/mol. The average Bonchev–Trinajstić information content (AvgIpc) is 2.90. The minimum absolute atomic E-state index is 0.00172. The van der Waals surface area contributed by atoms with Gasteiger partial charge in [-0.1, -0.05) is 18.2 Å². The number of carbonyl (C=O) groups is 1. The number of nitro benzene ring substituents is 1. The number of sulfonamides is 1. The van der Waals surface area contributed by atoms with Gasteiger partial charge in [-0.05, 0) is 48.9 Å². The highest BCUT2D eigenvalue weighted by atomic mass is 32.2. The van der Waals surface area contributed by atoms with Crippen molar-refractivity contribution < 1.29 is 27.6 Å². The Hall–Kier alpha value is -4.45. The zero-order valence-electron chi connectivity index (χ0n) is 19.7.